The molecule has 4 rings (SSSR count). The Bertz CT molecular complexity index is 1090. The number of amides is 2. The highest BCUT2D eigenvalue weighted by atomic mass is 35.5. The number of nitrogens with two attached hydrogens (primary N) is 1. The van der Waals surface area contributed by atoms with E-state index in [9.17, 15) is 9.59 Å². The summed E-state index contributed by atoms with van der Waals surface area (Å²) in [5.74, 6) is 0.654. The average molecular weight is 497 g/mol. The van der Waals surface area contributed by atoms with Crippen LogP contribution in [0.5, 0.6) is 0 Å². The molecule has 0 spiro atoms. The van der Waals surface area contributed by atoms with Gasteiger partial charge in [-0.25, -0.2) is 4.98 Å². The molecule has 1 aromatic heterocycles. The number of benzene rings is 1. The molecule has 1 heterocycles. The second kappa shape index (κ2) is 11.5. The van der Waals surface area contributed by atoms with Crippen LogP contribution in [0.4, 0.5) is 23.1 Å². The number of hydrogen-bond acceptors (Lipinski definition) is 6. The van der Waals surface area contributed by atoms with Gasteiger partial charge in [0.1, 0.15) is 5.02 Å². The van der Waals surface area contributed by atoms with E-state index >= 15 is 0 Å². The second-order valence-electron chi connectivity index (χ2n) is 9.46. The first-order valence-electron chi connectivity index (χ1n) is 12.4. The molecule has 2 saturated carbocycles. The highest BCUT2D eigenvalue weighted by Gasteiger charge is 2.26. The molecule has 5 N–H and O–H groups in total. The third-order valence-electron chi connectivity index (χ3n) is 6.97. The number of nitrogens with one attached hydrogen (secondary N) is 3. The van der Waals surface area contributed by atoms with E-state index in [1.54, 1.807) is 0 Å². The fourth-order valence-corrected chi connectivity index (χ4v) is 5.20. The van der Waals surface area contributed by atoms with E-state index in [4.69, 9.17) is 17.3 Å². The Labute approximate surface area is 211 Å². The minimum Gasteiger partial charge on any atom is -0.369 e. The van der Waals surface area contributed by atoms with Gasteiger partial charge < -0.3 is 21.7 Å². The van der Waals surface area contributed by atoms with Gasteiger partial charge in [0.2, 0.25) is 17.8 Å². The van der Waals surface area contributed by atoms with Gasteiger partial charge >= 0.3 is 0 Å². The molecule has 2 atom stereocenters. The molecular weight excluding hydrogens is 464 g/mol. The van der Waals surface area contributed by atoms with Crippen LogP contribution in [-0.2, 0) is 9.59 Å². The summed E-state index contributed by atoms with van der Waals surface area (Å²) < 4.78 is 0. The van der Waals surface area contributed by atoms with E-state index in [1.807, 2.05) is 12.1 Å². The zero-order valence-corrected chi connectivity index (χ0v) is 20.6. The molecule has 2 aromatic rings. The zero-order chi connectivity index (χ0) is 24.8. The summed E-state index contributed by atoms with van der Waals surface area (Å²) in [7, 11) is 0. The molecule has 2 fully saturated rings. The molecule has 186 valence electrons. The normalized spacial score (nSPS) is 20.6. The smallest absolute Gasteiger partial charge is 0.247 e. The van der Waals surface area contributed by atoms with E-state index in [1.165, 1.54) is 37.1 Å². The number of carbonyl (C=O) groups excluding carboxylic acids is 2. The molecule has 0 bridgehead atoms. The highest BCUT2D eigenvalue weighted by molar-refractivity contribution is 6.33. The quantitative estimate of drug-likeness (QED) is 0.358. The number of anilines is 4. The van der Waals surface area contributed by atoms with Gasteiger partial charge in [0.25, 0.3) is 0 Å². The lowest BCUT2D eigenvalue weighted by atomic mass is 9.84. The maximum absolute atomic E-state index is 12.1. The maximum Gasteiger partial charge on any atom is 0.247 e. The van der Waals surface area contributed by atoms with Crippen LogP contribution in [0.15, 0.2) is 37.1 Å². The average Bonchev–Trinajstić information content (AvgIpc) is 2.87. The lowest BCUT2D eigenvalue weighted by molar-refractivity contribution is -0.122. The van der Waals surface area contributed by atoms with Crippen LogP contribution in [0, 0.1) is 5.92 Å². The van der Waals surface area contributed by atoms with Crippen molar-refractivity contribution in [1.82, 2.24) is 9.97 Å². The molecule has 8 nitrogen and oxygen atoms in total. The van der Waals surface area contributed by atoms with Crippen molar-refractivity contribution in [3.05, 3.63) is 47.6 Å². The molecule has 9 heteroatoms. The van der Waals surface area contributed by atoms with Crippen molar-refractivity contribution >= 4 is 46.6 Å². The summed E-state index contributed by atoms with van der Waals surface area (Å²) in [6.45, 7) is 3.57. The summed E-state index contributed by atoms with van der Waals surface area (Å²) in [5.41, 5.74) is 8.05. The van der Waals surface area contributed by atoms with Gasteiger partial charge in [0.15, 0.2) is 5.82 Å². The van der Waals surface area contributed by atoms with E-state index in [0.29, 0.717) is 40.5 Å². The summed E-state index contributed by atoms with van der Waals surface area (Å²) >= 11 is 6.41. The van der Waals surface area contributed by atoms with Gasteiger partial charge in [-0.2, -0.15) is 4.98 Å². The molecule has 0 radical (unpaired) electrons. The number of primary amides is 1. The summed E-state index contributed by atoms with van der Waals surface area (Å²) in [4.78, 5) is 32.6. The third kappa shape index (κ3) is 6.51. The Morgan fingerprint density at radius 3 is 2.63 bits per heavy atom. The molecule has 2 amide bonds. The fraction of sp³-hybridized carbons (Fsp3) is 0.462. The minimum atomic E-state index is -0.286. The van der Waals surface area contributed by atoms with Crippen molar-refractivity contribution in [3.8, 4) is 0 Å². The molecule has 35 heavy (non-hydrogen) atoms. The third-order valence-corrected chi connectivity index (χ3v) is 7.25. The SMILES string of the molecule is C=CC(=O)Nc1cc(C2CCCCC2)ccc1Nc1nc(N[C@@H]2CCC[C@H](C(N)=O)C2)ncc1Cl. The van der Waals surface area contributed by atoms with Gasteiger partial charge in [-0.05, 0) is 61.8 Å². The zero-order valence-electron chi connectivity index (χ0n) is 19.9. The fourth-order valence-electron chi connectivity index (χ4n) is 5.06. The number of hydrogen-bond donors (Lipinski definition) is 4. The number of aromatic nitrogens is 2. The molecule has 0 unspecified atom stereocenters. The van der Waals surface area contributed by atoms with Gasteiger partial charge in [0.05, 0.1) is 17.6 Å². The predicted molar refractivity (Wildman–Crippen MR) is 140 cm³/mol. The molecular formula is C26H33ClN6O2. The van der Waals surface area contributed by atoms with Gasteiger partial charge in [-0.3, -0.25) is 9.59 Å². The van der Waals surface area contributed by atoms with Crippen molar-refractivity contribution in [1.29, 1.82) is 0 Å². The van der Waals surface area contributed by atoms with Gasteiger partial charge in [0, 0.05) is 12.0 Å². The van der Waals surface area contributed by atoms with E-state index < -0.39 is 0 Å². The molecule has 0 saturated heterocycles. The number of nitrogens with zero attached hydrogens (tertiary/aromatic N) is 2. The van der Waals surface area contributed by atoms with Crippen LogP contribution in [-0.4, -0.2) is 27.8 Å². The standard InChI is InChI=1S/C26H33ClN6O2/c1-2-23(34)31-22-14-17(16-7-4-3-5-8-16)11-12-21(22)32-25-20(27)15-29-26(33-25)30-19-10-6-9-18(13-19)24(28)35/h2,11-12,14-16,18-19H,1,3-10,13H2,(H2,28,35)(H,31,34)(H2,29,30,32,33)/t18-,19+/m0/s1. The Kier molecular flexibility index (Phi) is 8.23. The van der Waals surface area contributed by atoms with Crippen molar-refractivity contribution < 1.29 is 9.59 Å². The second-order valence-corrected chi connectivity index (χ2v) is 9.86. The molecule has 0 aliphatic heterocycles. The van der Waals surface area contributed by atoms with Crippen LogP contribution in [0.3, 0.4) is 0 Å². The van der Waals surface area contributed by atoms with E-state index in [-0.39, 0.29) is 23.8 Å². The van der Waals surface area contributed by atoms with Crippen LogP contribution in [0.2, 0.25) is 5.02 Å². The lowest BCUT2D eigenvalue weighted by Gasteiger charge is -2.28. The van der Waals surface area contributed by atoms with Gasteiger partial charge in [-0.1, -0.05) is 49.9 Å². The largest absolute Gasteiger partial charge is 0.369 e. The summed E-state index contributed by atoms with van der Waals surface area (Å²) in [6, 6.07) is 6.14. The van der Waals surface area contributed by atoms with Crippen molar-refractivity contribution in [2.24, 2.45) is 11.7 Å². The Hall–Kier alpha value is -3.13. The van der Waals surface area contributed by atoms with Crippen molar-refractivity contribution in [2.75, 3.05) is 16.0 Å². The molecule has 2 aliphatic carbocycles. The Morgan fingerprint density at radius 2 is 1.89 bits per heavy atom. The number of carbonyl (C=O) groups is 2. The topological polar surface area (TPSA) is 122 Å². The van der Waals surface area contributed by atoms with Crippen LogP contribution >= 0.6 is 11.6 Å². The number of rotatable bonds is 8. The number of halogens is 1. The maximum atomic E-state index is 12.1. The molecule has 1 aromatic carbocycles. The first-order valence-corrected chi connectivity index (χ1v) is 12.7. The summed E-state index contributed by atoms with van der Waals surface area (Å²) in [5, 5.41) is 9.84. The van der Waals surface area contributed by atoms with Gasteiger partial charge in [-0.15, -0.1) is 0 Å². The highest BCUT2D eigenvalue weighted by Crippen LogP contribution is 2.37. The van der Waals surface area contributed by atoms with E-state index in [0.717, 1.165) is 32.1 Å². The van der Waals surface area contributed by atoms with Crippen LogP contribution < -0.4 is 21.7 Å². The van der Waals surface area contributed by atoms with Crippen LogP contribution in [0.25, 0.3) is 0 Å². The Morgan fingerprint density at radius 1 is 1.09 bits per heavy atom. The first kappa shape index (κ1) is 25.0. The Balaban J connectivity index is 1.54. The minimum absolute atomic E-state index is 0.0625. The van der Waals surface area contributed by atoms with Crippen molar-refractivity contribution in [3.63, 3.8) is 0 Å². The van der Waals surface area contributed by atoms with E-state index in [2.05, 4.69) is 38.6 Å². The molecule has 2 aliphatic rings. The monoisotopic (exact) mass is 496 g/mol. The van der Waals surface area contributed by atoms with Crippen molar-refractivity contribution in [2.45, 2.75) is 69.7 Å². The van der Waals surface area contributed by atoms with Crippen LogP contribution in [0.1, 0.15) is 69.3 Å². The predicted octanol–water partition coefficient (Wildman–Crippen LogP) is 5.50. The lowest BCUT2D eigenvalue weighted by Crippen LogP contribution is -2.34. The first-order chi connectivity index (χ1) is 16.9. The summed E-state index contributed by atoms with van der Waals surface area (Å²) in [6.07, 6.45) is 12.2.